The van der Waals surface area contributed by atoms with Gasteiger partial charge in [0, 0.05) is 24.3 Å². The zero-order chi connectivity index (χ0) is 13.4. The summed E-state index contributed by atoms with van der Waals surface area (Å²) < 4.78 is 25.9. The first-order valence-electron chi connectivity index (χ1n) is 6.68. The zero-order valence-corrected chi connectivity index (χ0v) is 10.5. The van der Waals surface area contributed by atoms with E-state index in [1.54, 1.807) is 0 Å². The van der Waals surface area contributed by atoms with Crippen molar-refractivity contribution in [3.8, 4) is 0 Å². The monoisotopic (exact) mass is 266 g/mol. The summed E-state index contributed by atoms with van der Waals surface area (Å²) in [5.41, 5.74) is 0.297. The predicted octanol–water partition coefficient (Wildman–Crippen LogP) is 3.37. The zero-order valence-electron chi connectivity index (χ0n) is 10.5. The third kappa shape index (κ3) is 2.29. The highest BCUT2D eigenvalue weighted by Gasteiger charge is 2.39. The average molecular weight is 266 g/mol. The highest BCUT2D eigenvalue weighted by molar-refractivity contribution is 5.89. The summed E-state index contributed by atoms with van der Waals surface area (Å²) in [6, 6.07) is 3.52. The summed E-state index contributed by atoms with van der Waals surface area (Å²) in [5, 5.41) is 2.64. The molecule has 0 spiro atoms. The van der Waals surface area contributed by atoms with Gasteiger partial charge in [-0.15, -0.1) is 0 Å². The molecular formula is C14H16F2N2O. The van der Waals surface area contributed by atoms with Crippen molar-refractivity contribution in [3.05, 3.63) is 29.8 Å². The molecule has 1 N–H and O–H groups in total. The highest BCUT2D eigenvalue weighted by atomic mass is 19.2. The van der Waals surface area contributed by atoms with Crippen LogP contribution in [0.2, 0.25) is 0 Å². The second-order valence-corrected chi connectivity index (χ2v) is 5.30. The second-order valence-electron chi connectivity index (χ2n) is 5.30. The van der Waals surface area contributed by atoms with Gasteiger partial charge in [0.15, 0.2) is 11.6 Å². The van der Waals surface area contributed by atoms with Crippen LogP contribution in [0.25, 0.3) is 0 Å². The van der Waals surface area contributed by atoms with Crippen molar-refractivity contribution in [3.63, 3.8) is 0 Å². The van der Waals surface area contributed by atoms with E-state index in [9.17, 15) is 13.6 Å². The van der Waals surface area contributed by atoms with Gasteiger partial charge in [0.05, 0.1) is 0 Å². The molecule has 3 rings (SSSR count). The molecule has 2 unspecified atom stereocenters. The Morgan fingerprint density at radius 3 is 2.84 bits per heavy atom. The van der Waals surface area contributed by atoms with Crippen molar-refractivity contribution in [2.45, 2.75) is 31.7 Å². The molecular weight excluding hydrogens is 250 g/mol. The van der Waals surface area contributed by atoms with Gasteiger partial charge < -0.3 is 10.2 Å². The molecule has 2 amide bonds. The van der Waals surface area contributed by atoms with Crippen molar-refractivity contribution in [2.75, 3.05) is 11.9 Å². The van der Waals surface area contributed by atoms with Crippen LogP contribution in [0.1, 0.15) is 25.7 Å². The minimum atomic E-state index is -0.946. The van der Waals surface area contributed by atoms with Gasteiger partial charge in [0.25, 0.3) is 0 Å². The summed E-state index contributed by atoms with van der Waals surface area (Å²) in [4.78, 5) is 14.0. The maximum absolute atomic E-state index is 13.1. The molecule has 5 heteroatoms. The van der Waals surface area contributed by atoms with Crippen molar-refractivity contribution in [1.82, 2.24) is 4.90 Å². The molecule has 2 fully saturated rings. The SMILES string of the molecule is O=C(Nc1ccc(F)c(F)c1)N1CCC2CCCC21. The summed E-state index contributed by atoms with van der Waals surface area (Å²) in [5.74, 6) is -1.23. The van der Waals surface area contributed by atoms with E-state index >= 15 is 0 Å². The van der Waals surface area contributed by atoms with E-state index in [0.717, 1.165) is 31.5 Å². The Bertz CT molecular complexity index is 506. The molecule has 1 saturated carbocycles. The Kier molecular flexibility index (Phi) is 3.12. The minimum absolute atomic E-state index is 0.208. The smallest absolute Gasteiger partial charge is 0.321 e. The third-order valence-electron chi connectivity index (χ3n) is 4.19. The lowest BCUT2D eigenvalue weighted by atomic mass is 10.1. The molecule has 1 aliphatic heterocycles. The number of likely N-dealkylation sites (tertiary alicyclic amines) is 1. The fraction of sp³-hybridized carbons (Fsp3) is 0.500. The van der Waals surface area contributed by atoms with Gasteiger partial charge in [0.2, 0.25) is 0 Å². The van der Waals surface area contributed by atoms with E-state index < -0.39 is 11.6 Å². The summed E-state index contributed by atoms with van der Waals surface area (Å²) in [7, 11) is 0. The van der Waals surface area contributed by atoms with Crippen molar-refractivity contribution in [2.24, 2.45) is 5.92 Å². The van der Waals surface area contributed by atoms with E-state index in [1.807, 2.05) is 4.90 Å². The number of anilines is 1. The number of nitrogens with one attached hydrogen (secondary N) is 1. The molecule has 1 saturated heterocycles. The lowest BCUT2D eigenvalue weighted by Crippen LogP contribution is -2.39. The number of carbonyl (C=O) groups excluding carboxylic acids is 1. The van der Waals surface area contributed by atoms with Crippen LogP contribution in [0.4, 0.5) is 19.3 Å². The Balaban J connectivity index is 1.69. The molecule has 1 aromatic rings. The topological polar surface area (TPSA) is 32.3 Å². The molecule has 1 aliphatic carbocycles. The Morgan fingerprint density at radius 2 is 2.05 bits per heavy atom. The lowest BCUT2D eigenvalue weighted by Gasteiger charge is -2.24. The fourth-order valence-corrected chi connectivity index (χ4v) is 3.26. The van der Waals surface area contributed by atoms with Crippen LogP contribution < -0.4 is 5.32 Å². The maximum Gasteiger partial charge on any atom is 0.322 e. The number of hydrogen-bond acceptors (Lipinski definition) is 1. The van der Waals surface area contributed by atoms with E-state index in [4.69, 9.17) is 0 Å². The number of nitrogens with zero attached hydrogens (tertiary/aromatic N) is 1. The predicted molar refractivity (Wildman–Crippen MR) is 67.8 cm³/mol. The van der Waals surface area contributed by atoms with E-state index in [0.29, 0.717) is 17.6 Å². The number of halogens is 2. The summed E-state index contributed by atoms with van der Waals surface area (Å²) in [6.45, 7) is 0.755. The standard InChI is InChI=1S/C14H16F2N2O/c15-11-5-4-10(8-12(11)16)17-14(19)18-7-6-9-2-1-3-13(9)18/h4-5,8-9,13H,1-3,6-7H2,(H,17,19). The van der Waals surface area contributed by atoms with Crippen LogP contribution in [0.3, 0.4) is 0 Å². The normalized spacial score (nSPS) is 25.5. The van der Waals surface area contributed by atoms with Crippen LogP contribution in [0, 0.1) is 17.6 Å². The van der Waals surface area contributed by atoms with Crippen LogP contribution in [-0.4, -0.2) is 23.5 Å². The van der Waals surface area contributed by atoms with Crippen molar-refractivity contribution in [1.29, 1.82) is 0 Å². The number of fused-ring (bicyclic) bond motifs is 1. The number of amides is 2. The number of hydrogen-bond donors (Lipinski definition) is 1. The van der Waals surface area contributed by atoms with Crippen molar-refractivity contribution >= 4 is 11.7 Å². The van der Waals surface area contributed by atoms with Gasteiger partial charge in [-0.1, -0.05) is 6.42 Å². The van der Waals surface area contributed by atoms with E-state index in [2.05, 4.69) is 5.32 Å². The highest BCUT2D eigenvalue weighted by Crippen LogP contribution is 2.37. The molecule has 102 valence electrons. The van der Waals surface area contributed by atoms with Gasteiger partial charge >= 0.3 is 6.03 Å². The minimum Gasteiger partial charge on any atom is -0.321 e. The molecule has 2 aliphatic rings. The summed E-state index contributed by atoms with van der Waals surface area (Å²) >= 11 is 0. The molecule has 1 aromatic carbocycles. The number of rotatable bonds is 1. The van der Waals surface area contributed by atoms with Crippen molar-refractivity contribution < 1.29 is 13.6 Å². The van der Waals surface area contributed by atoms with Gasteiger partial charge in [-0.05, 0) is 37.3 Å². The molecule has 1 heterocycles. The van der Waals surface area contributed by atoms with E-state index in [1.165, 1.54) is 18.9 Å². The van der Waals surface area contributed by atoms with Gasteiger partial charge in [-0.25, -0.2) is 13.6 Å². The van der Waals surface area contributed by atoms with Crippen LogP contribution in [-0.2, 0) is 0 Å². The Hall–Kier alpha value is -1.65. The fourth-order valence-electron chi connectivity index (χ4n) is 3.26. The van der Waals surface area contributed by atoms with Crippen LogP contribution in [0.15, 0.2) is 18.2 Å². The largest absolute Gasteiger partial charge is 0.322 e. The molecule has 0 bridgehead atoms. The molecule has 0 radical (unpaired) electrons. The van der Waals surface area contributed by atoms with Gasteiger partial charge in [-0.3, -0.25) is 0 Å². The number of benzene rings is 1. The van der Waals surface area contributed by atoms with Crippen LogP contribution in [0.5, 0.6) is 0 Å². The number of urea groups is 1. The molecule has 3 nitrogen and oxygen atoms in total. The Morgan fingerprint density at radius 1 is 1.21 bits per heavy atom. The van der Waals surface area contributed by atoms with Gasteiger partial charge in [-0.2, -0.15) is 0 Å². The second kappa shape index (κ2) is 4.79. The maximum atomic E-state index is 13.1. The molecule has 0 aromatic heterocycles. The first-order chi connectivity index (χ1) is 9.15. The Labute approximate surface area is 110 Å². The van der Waals surface area contributed by atoms with E-state index in [-0.39, 0.29) is 6.03 Å². The van der Waals surface area contributed by atoms with Crippen LogP contribution >= 0.6 is 0 Å². The average Bonchev–Trinajstić information content (AvgIpc) is 2.95. The third-order valence-corrected chi connectivity index (χ3v) is 4.19. The lowest BCUT2D eigenvalue weighted by molar-refractivity contribution is 0.203. The number of carbonyl (C=O) groups is 1. The first kappa shape index (κ1) is 12.4. The van der Waals surface area contributed by atoms with Gasteiger partial charge in [0.1, 0.15) is 0 Å². The molecule has 19 heavy (non-hydrogen) atoms. The molecule has 2 atom stereocenters. The quantitative estimate of drug-likeness (QED) is 0.830. The first-order valence-corrected chi connectivity index (χ1v) is 6.68. The summed E-state index contributed by atoms with van der Waals surface area (Å²) in [6.07, 6.45) is 4.47.